The molecule has 0 N–H and O–H groups in total. The number of nitrogens with zero attached hydrogens (tertiary/aromatic N) is 2. The van der Waals surface area contributed by atoms with Crippen LogP contribution in [0.1, 0.15) is 34.8 Å². The van der Waals surface area contributed by atoms with E-state index in [9.17, 15) is 13.2 Å². The van der Waals surface area contributed by atoms with E-state index >= 15 is 0 Å². The second-order valence-electron chi connectivity index (χ2n) is 6.16. The highest BCUT2D eigenvalue weighted by Gasteiger charge is 2.20. The zero-order valence-electron chi connectivity index (χ0n) is 15.0. The third-order valence-electron chi connectivity index (χ3n) is 3.86. The molecule has 0 aliphatic heterocycles. The van der Waals surface area contributed by atoms with Gasteiger partial charge in [-0.1, -0.05) is 17.7 Å². The summed E-state index contributed by atoms with van der Waals surface area (Å²) in [5.74, 6) is -0.0976. The number of sulfone groups is 1. The summed E-state index contributed by atoms with van der Waals surface area (Å²) in [5, 5.41) is 7.93. The lowest BCUT2D eigenvalue weighted by Gasteiger charge is -2.09. The Hall–Kier alpha value is -3.00. The van der Waals surface area contributed by atoms with Crippen LogP contribution in [-0.4, -0.2) is 30.8 Å². The predicted molar refractivity (Wildman–Crippen MR) is 97.9 cm³/mol. The van der Waals surface area contributed by atoms with E-state index in [1.165, 1.54) is 24.3 Å². The van der Waals surface area contributed by atoms with Gasteiger partial charge in [-0.05, 0) is 50.2 Å². The standard InChI is InChI=1S/C19H18N2O5S/c1-12-5-4-6-15(11-12)18-21-20-17(26-18)13(2)25-19(22)14-7-9-16(10-8-14)27(3,23)24/h4-11,13H,1-3H3. The van der Waals surface area contributed by atoms with E-state index in [1.54, 1.807) is 6.92 Å². The average Bonchev–Trinajstić information content (AvgIpc) is 3.11. The molecule has 140 valence electrons. The molecule has 0 saturated carbocycles. The number of rotatable bonds is 5. The average molecular weight is 386 g/mol. The van der Waals surface area contributed by atoms with Crippen LogP contribution in [0, 0.1) is 6.92 Å². The highest BCUT2D eigenvalue weighted by atomic mass is 32.2. The summed E-state index contributed by atoms with van der Waals surface area (Å²) in [5.41, 5.74) is 2.07. The number of esters is 1. The summed E-state index contributed by atoms with van der Waals surface area (Å²) in [4.78, 5) is 12.4. The van der Waals surface area contributed by atoms with Crippen molar-refractivity contribution in [2.45, 2.75) is 24.8 Å². The molecule has 0 aliphatic carbocycles. The molecule has 1 aromatic heterocycles. The summed E-state index contributed by atoms with van der Waals surface area (Å²) < 4.78 is 33.9. The number of hydrogen-bond donors (Lipinski definition) is 0. The van der Waals surface area contributed by atoms with Gasteiger partial charge >= 0.3 is 5.97 Å². The maximum absolute atomic E-state index is 12.2. The molecule has 2 aromatic carbocycles. The van der Waals surface area contributed by atoms with Crippen LogP contribution in [0.4, 0.5) is 0 Å². The molecule has 7 nitrogen and oxygen atoms in total. The van der Waals surface area contributed by atoms with Gasteiger partial charge in [0, 0.05) is 11.8 Å². The highest BCUT2D eigenvalue weighted by molar-refractivity contribution is 7.90. The maximum Gasteiger partial charge on any atom is 0.338 e. The van der Waals surface area contributed by atoms with Crippen LogP contribution in [0.5, 0.6) is 0 Å². The van der Waals surface area contributed by atoms with E-state index < -0.39 is 21.9 Å². The van der Waals surface area contributed by atoms with Crippen LogP contribution in [0.25, 0.3) is 11.5 Å². The van der Waals surface area contributed by atoms with Crippen LogP contribution >= 0.6 is 0 Å². The molecule has 1 unspecified atom stereocenters. The van der Waals surface area contributed by atoms with E-state index in [0.29, 0.717) is 5.89 Å². The van der Waals surface area contributed by atoms with Gasteiger partial charge in [-0.15, -0.1) is 10.2 Å². The summed E-state index contributed by atoms with van der Waals surface area (Å²) in [6.07, 6.45) is 0.349. The van der Waals surface area contributed by atoms with Gasteiger partial charge in [0.2, 0.25) is 5.89 Å². The Bertz CT molecular complexity index is 1070. The number of aryl methyl sites for hydroxylation is 1. The SMILES string of the molecule is Cc1cccc(-c2nnc(C(C)OC(=O)c3ccc(S(C)(=O)=O)cc3)o2)c1. The van der Waals surface area contributed by atoms with Crippen molar-refractivity contribution in [2.24, 2.45) is 0 Å². The van der Waals surface area contributed by atoms with Gasteiger partial charge in [0.15, 0.2) is 15.9 Å². The molecule has 3 rings (SSSR count). The fourth-order valence-electron chi connectivity index (χ4n) is 2.41. The highest BCUT2D eigenvalue weighted by Crippen LogP contribution is 2.24. The monoisotopic (exact) mass is 386 g/mol. The number of benzene rings is 2. The zero-order valence-corrected chi connectivity index (χ0v) is 15.9. The van der Waals surface area contributed by atoms with Crippen molar-refractivity contribution < 1.29 is 22.4 Å². The van der Waals surface area contributed by atoms with Gasteiger partial charge in [-0.3, -0.25) is 0 Å². The normalized spacial score (nSPS) is 12.6. The summed E-state index contributed by atoms with van der Waals surface area (Å²) >= 11 is 0. The molecule has 1 atom stereocenters. The molecule has 0 saturated heterocycles. The van der Waals surface area contributed by atoms with Crippen molar-refractivity contribution in [3.63, 3.8) is 0 Å². The number of ether oxygens (including phenoxy) is 1. The first-order valence-electron chi connectivity index (χ1n) is 8.15. The lowest BCUT2D eigenvalue weighted by Crippen LogP contribution is -2.10. The fraction of sp³-hybridized carbons (Fsp3) is 0.211. The molecular formula is C19H18N2O5S. The van der Waals surface area contributed by atoms with Crippen LogP contribution in [0.2, 0.25) is 0 Å². The molecule has 0 spiro atoms. The quantitative estimate of drug-likeness (QED) is 0.620. The van der Waals surface area contributed by atoms with Crippen LogP contribution in [0.15, 0.2) is 57.8 Å². The van der Waals surface area contributed by atoms with Crippen molar-refractivity contribution in [1.82, 2.24) is 10.2 Å². The molecule has 0 bridgehead atoms. The van der Waals surface area contributed by atoms with Crippen LogP contribution in [-0.2, 0) is 14.6 Å². The Balaban J connectivity index is 1.72. The van der Waals surface area contributed by atoms with E-state index in [0.717, 1.165) is 17.4 Å². The predicted octanol–water partition coefficient (Wildman–Crippen LogP) is 3.37. The van der Waals surface area contributed by atoms with E-state index in [1.807, 2.05) is 31.2 Å². The summed E-state index contributed by atoms with van der Waals surface area (Å²) in [7, 11) is -3.32. The minimum atomic E-state index is -3.32. The molecule has 0 amide bonds. The Morgan fingerprint density at radius 2 is 1.81 bits per heavy atom. The summed E-state index contributed by atoms with van der Waals surface area (Å²) in [6.45, 7) is 3.58. The van der Waals surface area contributed by atoms with Gasteiger partial charge < -0.3 is 9.15 Å². The zero-order chi connectivity index (χ0) is 19.6. The molecule has 8 heteroatoms. The second kappa shape index (κ2) is 7.32. The van der Waals surface area contributed by atoms with Crippen molar-refractivity contribution in [3.8, 4) is 11.5 Å². The first kappa shape index (κ1) is 18.8. The Kier molecular flexibility index (Phi) is 5.09. The molecule has 1 heterocycles. The molecule has 3 aromatic rings. The number of carbonyl (C=O) groups is 1. The topological polar surface area (TPSA) is 99.4 Å². The van der Waals surface area contributed by atoms with Crippen molar-refractivity contribution in [1.29, 1.82) is 0 Å². The smallest absolute Gasteiger partial charge is 0.338 e. The molecule has 0 aliphatic rings. The van der Waals surface area contributed by atoms with Gasteiger partial charge in [0.25, 0.3) is 5.89 Å². The van der Waals surface area contributed by atoms with E-state index in [-0.39, 0.29) is 16.3 Å². The lowest BCUT2D eigenvalue weighted by molar-refractivity contribution is 0.0280. The number of aromatic nitrogens is 2. The van der Waals surface area contributed by atoms with E-state index in [2.05, 4.69) is 10.2 Å². The number of hydrogen-bond acceptors (Lipinski definition) is 7. The van der Waals surface area contributed by atoms with E-state index in [4.69, 9.17) is 9.15 Å². The van der Waals surface area contributed by atoms with Crippen molar-refractivity contribution in [3.05, 3.63) is 65.5 Å². The second-order valence-corrected chi connectivity index (χ2v) is 8.17. The molecule has 0 radical (unpaired) electrons. The summed E-state index contributed by atoms with van der Waals surface area (Å²) in [6, 6.07) is 13.1. The van der Waals surface area contributed by atoms with Gasteiger partial charge in [-0.2, -0.15) is 0 Å². The third kappa shape index (κ3) is 4.40. The Morgan fingerprint density at radius 3 is 2.44 bits per heavy atom. The minimum absolute atomic E-state index is 0.131. The Labute approximate surface area is 156 Å². The molecule has 27 heavy (non-hydrogen) atoms. The molecule has 0 fully saturated rings. The fourth-order valence-corrected chi connectivity index (χ4v) is 3.04. The third-order valence-corrected chi connectivity index (χ3v) is 4.98. The van der Waals surface area contributed by atoms with Crippen molar-refractivity contribution >= 4 is 15.8 Å². The minimum Gasteiger partial charge on any atom is -0.449 e. The number of carbonyl (C=O) groups excluding carboxylic acids is 1. The first-order chi connectivity index (χ1) is 12.7. The molecular weight excluding hydrogens is 368 g/mol. The van der Waals surface area contributed by atoms with Gasteiger partial charge in [0.1, 0.15) is 0 Å². The Morgan fingerprint density at radius 1 is 1.11 bits per heavy atom. The van der Waals surface area contributed by atoms with Crippen LogP contribution < -0.4 is 0 Å². The van der Waals surface area contributed by atoms with Crippen molar-refractivity contribution in [2.75, 3.05) is 6.26 Å². The maximum atomic E-state index is 12.2. The largest absolute Gasteiger partial charge is 0.449 e. The van der Waals surface area contributed by atoms with Gasteiger partial charge in [-0.25, -0.2) is 13.2 Å². The lowest BCUT2D eigenvalue weighted by atomic mass is 10.1. The van der Waals surface area contributed by atoms with Crippen LogP contribution in [0.3, 0.4) is 0 Å². The first-order valence-corrected chi connectivity index (χ1v) is 10.0. The van der Waals surface area contributed by atoms with Gasteiger partial charge in [0.05, 0.1) is 10.5 Å².